The predicted octanol–water partition coefficient (Wildman–Crippen LogP) is -2.22. The number of methoxy groups -OCH3 is 1. The topological polar surface area (TPSA) is 171 Å². The Labute approximate surface area is 158 Å². The first-order chi connectivity index (χ1) is 12.9. The summed E-state index contributed by atoms with van der Waals surface area (Å²) >= 11 is 0. The third-order valence-electron chi connectivity index (χ3n) is 2.96. The van der Waals surface area contributed by atoms with E-state index in [0.29, 0.717) is 25.2 Å². The van der Waals surface area contributed by atoms with E-state index in [-0.39, 0.29) is 38.8 Å². The third kappa shape index (κ3) is 16.1. The van der Waals surface area contributed by atoms with Crippen LogP contribution in [-0.2, 0) is 4.74 Å². The summed E-state index contributed by atoms with van der Waals surface area (Å²) in [5.41, 5.74) is 0.435. The molecule has 10 nitrogen and oxygen atoms in total. The number of nitrogens with zero attached hydrogens (tertiary/aromatic N) is 1. The molecule has 0 spiro atoms. The van der Waals surface area contributed by atoms with Crippen LogP contribution in [0.5, 0.6) is 5.75 Å². The fourth-order valence-corrected chi connectivity index (χ4v) is 1.53. The zero-order valence-corrected chi connectivity index (χ0v) is 15.4. The van der Waals surface area contributed by atoms with Crippen LogP contribution in [0.4, 0.5) is 0 Å². The molecule has 0 fully saturated rings. The van der Waals surface area contributed by atoms with Gasteiger partial charge in [-0.05, 0) is 24.3 Å². The van der Waals surface area contributed by atoms with E-state index in [1.165, 1.54) is 31.4 Å². The Morgan fingerprint density at radius 1 is 0.926 bits per heavy atom. The number of benzene rings is 1. The van der Waals surface area contributed by atoms with Gasteiger partial charge in [-0.2, -0.15) is 0 Å². The number of aliphatic hydroxyl groups is 6. The summed E-state index contributed by atoms with van der Waals surface area (Å²) in [6.07, 6.45) is -0.954. The number of aliphatic hydroxyl groups excluding tert-OH is 6. The number of esters is 1. The number of ether oxygens (including phenoxy) is 1. The molecular formula is C17H31NO9. The standard InChI is InChI=1S/C8H8O3.C6H15NO3.C3H8O3/c1-11-8(10)6-2-4-7(9)5-3-6;8-4-1-7(2-5-9)3-6-10;4-1-3(6)2-5/h2-5,9H,1H3;8-10H,1-6H2;3-6H,1-2H2. The second-order valence-electron chi connectivity index (χ2n) is 5.07. The van der Waals surface area contributed by atoms with Crippen molar-refractivity contribution in [2.45, 2.75) is 6.10 Å². The minimum Gasteiger partial charge on any atom is -0.508 e. The molecule has 0 bridgehead atoms. The zero-order valence-electron chi connectivity index (χ0n) is 15.4. The number of carbonyl (C=O) groups excluding carboxylic acids is 1. The molecule has 27 heavy (non-hydrogen) atoms. The number of hydrogen-bond acceptors (Lipinski definition) is 10. The van der Waals surface area contributed by atoms with Crippen molar-refractivity contribution in [3.8, 4) is 5.75 Å². The van der Waals surface area contributed by atoms with Crippen LogP contribution in [0.25, 0.3) is 0 Å². The van der Waals surface area contributed by atoms with E-state index < -0.39 is 12.1 Å². The van der Waals surface area contributed by atoms with Gasteiger partial charge in [-0.1, -0.05) is 0 Å². The molecule has 0 atom stereocenters. The van der Waals surface area contributed by atoms with Gasteiger partial charge >= 0.3 is 5.97 Å². The van der Waals surface area contributed by atoms with E-state index in [0.717, 1.165) is 0 Å². The molecule has 0 aliphatic heterocycles. The highest BCUT2D eigenvalue weighted by Gasteiger charge is 2.02. The first kappa shape index (κ1) is 27.4. The smallest absolute Gasteiger partial charge is 0.337 e. The van der Waals surface area contributed by atoms with Crippen molar-refractivity contribution in [1.29, 1.82) is 0 Å². The molecule has 10 heteroatoms. The van der Waals surface area contributed by atoms with E-state index in [1.54, 1.807) is 4.90 Å². The van der Waals surface area contributed by atoms with Crippen LogP contribution in [0.1, 0.15) is 10.4 Å². The maximum atomic E-state index is 10.8. The van der Waals surface area contributed by atoms with E-state index in [1.807, 2.05) is 0 Å². The lowest BCUT2D eigenvalue weighted by atomic mass is 10.2. The maximum Gasteiger partial charge on any atom is 0.337 e. The van der Waals surface area contributed by atoms with Crippen molar-refractivity contribution in [2.24, 2.45) is 0 Å². The molecule has 158 valence electrons. The SMILES string of the molecule is COC(=O)c1ccc(O)cc1.OCC(O)CO.OCCN(CCO)CCO. The summed E-state index contributed by atoms with van der Waals surface area (Å²) in [6, 6.07) is 5.88. The van der Waals surface area contributed by atoms with Crippen LogP contribution in [0, 0.1) is 0 Å². The van der Waals surface area contributed by atoms with Gasteiger partial charge in [0.05, 0.1) is 45.7 Å². The van der Waals surface area contributed by atoms with Gasteiger partial charge in [0, 0.05) is 19.6 Å². The second-order valence-corrected chi connectivity index (χ2v) is 5.07. The minimum atomic E-state index is -0.954. The average molecular weight is 393 g/mol. The maximum absolute atomic E-state index is 10.8. The third-order valence-corrected chi connectivity index (χ3v) is 2.96. The van der Waals surface area contributed by atoms with E-state index >= 15 is 0 Å². The van der Waals surface area contributed by atoms with Gasteiger partial charge in [-0.25, -0.2) is 4.79 Å². The lowest BCUT2D eigenvalue weighted by Crippen LogP contribution is -2.32. The van der Waals surface area contributed by atoms with Gasteiger partial charge in [0.25, 0.3) is 0 Å². The molecule has 0 aliphatic rings. The molecule has 0 aliphatic carbocycles. The molecule has 1 rings (SSSR count). The monoisotopic (exact) mass is 393 g/mol. The molecular weight excluding hydrogens is 362 g/mol. The average Bonchev–Trinajstić information content (AvgIpc) is 2.69. The van der Waals surface area contributed by atoms with Crippen LogP contribution >= 0.6 is 0 Å². The summed E-state index contributed by atoms with van der Waals surface area (Å²) in [5, 5.41) is 58.3. The molecule has 7 N–H and O–H groups in total. The number of aromatic hydroxyl groups is 1. The minimum absolute atomic E-state index is 0.0694. The van der Waals surface area contributed by atoms with Gasteiger partial charge in [0.2, 0.25) is 0 Å². The normalized spacial score (nSPS) is 9.96. The summed E-state index contributed by atoms with van der Waals surface area (Å²) in [6.45, 7) is 1.02. The highest BCUT2D eigenvalue weighted by molar-refractivity contribution is 5.89. The van der Waals surface area contributed by atoms with Crippen molar-refractivity contribution in [1.82, 2.24) is 4.90 Å². The summed E-state index contributed by atoms with van der Waals surface area (Å²) in [5.74, 6) is -0.261. The first-order valence-corrected chi connectivity index (χ1v) is 8.22. The van der Waals surface area contributed by atoms with Crippen LogP contribution < -0.4 is 0 Å². The van der Waals surface area contributed by atoms with E-state index in [4.69, 9.17) is 35.7 Å². The molecule has 1 aromatic rings. The number of rotatable bonds is 9. The molecule has 0 amide bonds. The summed E-state index contributed by atoms with van der Waals surface area (Å²) < 4.78 is 4.46. The first-order valence-electron chi connectivity index (χ1n) is 8.22. The van der Waals surface area contributed by atoms with Crippen LogP contribution in [-0.4, -0.2) is 112 Å². The Kier molecular flexibility index (Phi) is 19.3. The highest BCUT2D eigenvalue weighted by Crippen LogP contribution is 2.09. The quantitative estimate of drug-likeness (QED) is 0.228. The molecule has 0 aromatic heterocycles. The number of phenols is 1. The lowest BCUT2D eigenvalue weighted by molar-refractivity contribution is 0.0450. The Hall–Kier alpha value is -1.79. The molecule has 0 heterocycles. The van der Waals surface area contributed by atoms with Crippen molar-refractivity contribution >= 4 is 5.97 Å². The van der Waals surface area contributed by atoms with Gasteiger partial charge in [-0.15, -0.1) is 0 Å². The second kappa shape index (κ2) is 19.0. The van der Waals surface area contributed by atoms with Gasteiger partial charge in [-0.3, -0.25) is 4.90 Å². The number of carbonyl (C=O) groups is 1. The van der Waals surface area contributed by atoms with Crippen LogP contribution in [0.3, 0.4) is 0 Å². The van der Waals surface area contributed by atoms with Crippen LogP contribution in [0.2, 0.25) is 0 Å². The predicted molar refractivity (Wildman–Crippen MR) is 97.3 cm³/mol. The van der Waals surface area contributed by atoms with Crippen LogP contribution in [0.15, 0.2) is 24.3 Å². The van der Waals surface area contributed by atoms with E-state index in [9.17, 15) is 4.79 Å². The summed E-state index contributed by atoms with van der Waals surface area (Å²) in [4.78, 5) is 12.6. The summed E-state index contributed by atoms with van der Waals surface area (Å²) in [7, 11) is 1.31. The van der Waals surface area contributed by atoms with Gasteiger partial charge < -0.3 is 40.5 Å². The number of hydrogen-bond donors (Lipinski definition) is 7. The largest absolute Gasteiger partial charge is 0.508 e. The van der Waals surface area contributed by atoms with Gasteiger partial charge in [0.1, 0.15) is 11.9 Å². The van der Waals surface area contributed by atoms with Crippen molar-refractivity contribution in [3.05, 3.63) is 29.8 Å². The Bertz CT molecular complexity index is 438. The Balaban J connectivity index is 0. The van der Waals surface area contributed by atoms with Gasteiger partial charge in [0.15, 0.2) is 0 Å². The Morgan fingerprint density at radius 2 is 1.33 bits per heavy atom. The molecule has 0 unspecified atom stereocenters. The zero-order chi connectivity index (χ0) is 21.1. The highest BCUT2D eigenvalue weighted by atomic mass is 16.5. The van der Waals surface area contributed by atoms with Crippen molar-refractivity contribution in [3.63, 3.8) is 0 Å². The fourth-order valence-electron chi connectivity index (χ4n) is 1.53. The molecule has 0 saturated heterocycles. The molecule has 0 radical (unpaired) electrons. The lowest BCUT2D eigenvalue weighted by Gasteiger charge is -2.17. The van der Waals surface area contributed by atoms with E-state index in [2.05, 4.69) is 4.74 Å². The molecule has 1 aromatic carbocycles. The van der Waals surface area contributed by atoms with Crippen molar-refractivity contribution in [2.75, 3.05) is 59.8 Å². The Morgan fingerprint density at radius 3 is 1.59 bits per heavy atom. The molecule has 0 saturated carbocycles. The fraction of sp³-hybridized carbons (Fsp3) is 0.588. The number of phenolic OH excluding ortho intramolecular Hbond substituents is 1. The van der Waals surface area contributed by atoms with Crippen molar-refractivity contribution < 1.29 is 45.3 Å².